The van der Waals surface area contributed by atoms with Crippen LogP contribution in [-0.2, 0) is 4.79 Å². The summed E-state index contributed by atoms with van der Waals surface area (Å²) in [6.45, 7) is 2.04. The quantitative estimate of drug-likeness (QED) is 0.361. The van der Waals surface area contributed by atoms with Gasteiger partial charge in [0.05, 0.1) is 5.57 Å². The third kappa shape index (κ3) is 4.31. The minimum atomic E-state index is -1.02. The van der Waals surface area contributed by atoms with E-state index in [2.05, 4.69) is 0 Å². The Kier molecular flexibility index (Phi) is 5.07. The van der Waals surface area contributed by atoms with Crippen LogP contribution in [0.1, 0.15) is 26.2 Å². The molecule has 0 saturated carbocycles. The Morgan fingerprint density at radius 3 is 2.64 bits per heavy atom. The molecule has 0 heterocycles. The summed E-state index contributed by atoms with van der Waals surface area (Å²) in [7, 11) is 0. The molecule has 3 heteroatoms. The van der Waals surface area contributed by atoms with Gasteiger partial charge in [0.15, 0.2) is 0 Å². The molecular weight excluding hydrogens is 142 g/mol. The van der Waals surface area contributed by atoms with E-state index in [1.54, 1.807) is 6.08 Å². The molecule has 0 radical (unpaired) electrons. The van der Waals surface area contributed by atoms with Crippen molar-refractivity contribution in [2.45, 2.75) is 26.2 Å². The molecule has 0 aromatic carbocycles. The molecule has 0 unspecified atom stereocenters. The molecule has 0 spiro atoms. The Hall–Kier alpha value is -1.12. The van der Waals surface area contributed by atoms with Crippen molar-refractivity contribution < 1.29 is 9.90 Å². The molecule has 0 fully saturated rings. The van der Waals surface area contributed by atoms with Crippen molar-refractivity contribution in [3.63, 3.8) is 0 Å². The van der Waals surface area contributed by atoms with E-state index >= 15 is 0 Å². The average Bonchev–Trinajstić information content (AvgIpc) is 1.97. The van der Waals surface area contributed by atoms with E-state index in [9.17, 15) is 4.79 Å². The molecule has 0 aromatic rings. The van der Waals surface area contributed by atoms with Crippen molar-refractivity contribution in [3.05, 3.63) is 11.6 Å². The maximum Gasteiger partial charge on any atom is 0.336 e. The van der Waals surface area contributed by atoms with Crippen molar-refractivity contribution in [2.75, 3.05) is 0 Å². The molecule has 3 nitrogen and oxygen atoms in total. The lowest BCUT2D eigenvalue weighted by Gasteiger charge is -1.92. The predicted molar refractivity (Wildman–Crippen MR) is 44.0 cm³/mol. The highest BCUT2D eigenvalue weighted by molar-refractivity contribution is 6.07. The predicted octanol–water partition coefficient (Wildman–Crippen LogP) is 1.84. The number of carboxylic acid groups (broad SMARTS) is 1. The van der Waals surface area contributed by atoms with Crippen LogP contribution in [0.2, 0.25) is 0 Å². The fourth-order valence-corrected chi connectivity index (χ4v) is 0.670. The van der Waals surface area contributed by atoms with Crippen molar-refractivity contribution in [3.8, 4) is 0 Å². The number of unbranched alkanes of at least 4 members (excludes halogenated alkanes) is 2. The summed E-state index contributed by atoms with van der Waals surface area (Å²) in [5.74, 6) is -1.02. The van der Waals surface area contributed by atoms with Crippen LogP contribution in [0.15, 0.2) is 11.6 Å². The molecule has 0 aliphatic rings. The number of carbonyl (C=O) groups is 1. The zero-order valence-electron chi connectivity index (χ0n) is 6.63. The van der Waals surface area contributed by atoms with Crippen LogP contribution in [0.3, 0.4) is 0 Å². The number of rotatable bonds is 5. The Balaban J connectivity index is 3.91. The Labute approximate surface area is 66.2 Å². The number of hydrogen-bond acceptors (Lipinski definition) is 2. The number of carboxylic acids is 1. The summed E-state index contributed by atoms with van der Waals surface area (Å²) in [5, 5.41) is 15.2. The fourth-order valence-electron chi connectivity index (χ4n) is 0.670. The Bertz CT molecular complexity index is 173. The van der Waals surface area contributed by atoms with E-state index < -0.39 is 5.97 Å². The molecule has 0 amide bonds. The van der Waals surface area contributed by atoms with E-state index in [-0.39, 0.29) is 5.57 Å². The standard InChI is InChI=1S/C8H13NO2/c1-2-3-4-5-7(6-9)8(10)11/h5-6,9H,2-4H2,1H3,(H,10,11)/b7-5+,9-6?. The van der Waals surface area contributed by atoms with E-state index in [0.717, 1.165) is 25.5 Å². The summed E-state index contributed by atoms with van der Waals surface area (Å²) in [4.78, 5) is 10.3. The monoisotopic (exact) mass is 155 g/mol. The second kappa shape index (κ2) is 5.65. The van der Waals surface area contributed by atoms with Crippen LogP contribution >= 0.6 is 0 Å². The maximum atomic E-state index is 10.3. The summed E-state index contributed by atoms with van der Waals surface area (Å²) >= 11 is 0. The minimum Gasteiger partial charge on any atom is -0.478 e. The number of hydrogen-bond donors (Lipinski definition) is 2. The first-order valence-electron chi connectivity index (χ1n) is 3.66. The van der Waals surface area contributed by atoms with Gasteiger partial charge in [0.2, 0.25) is 0 Å². The summed E-state index contributed by atoms with van der Waals surface area (Å²) < 4.78 is 0. The van der Waals surface area contributed by atoms with Crippen molar-refractivity contribution >= 4 is 12.2 Å². The number of aliphatic carboxylic acids is 1. The first-order chi connectivity index (χ1) is 5.22. The van der Waals surface area contributed by atoms with Gasteiger partial charge in [-0.05, 0) is 6.42 Å². The average molecular weight is 155 g/mol. The smallest absolute Gasteiger partial charge is 0.336 e. The van der Waals surface area contributed by atoms with E-state index in [4.69, 9.17) is 10.5 Å². The lowest BCUT2D eigenvalue weighted by atomic mass is 10.2. The molecule has 0 aromatic heterocycles. The molecule has 11 heavy (non-hydrogen) atoms. The molecule has 0 bridgehead atoms. The van der Waals surface area contributed by atoms with Gasteiger partial charge in [0.25, 0.3) is 0 Å². The number of nitrogens with one attached hydrogen (secondary N) is 1. The molecule has 62 valence electrons. The van der Waals surface area contributed by atoms with Crippen molar-refractivity contribution in [1.29, 1.82) is 5.41 Å². The van der Waals surface area contributed by atoms with Crippen LogP contribution in [0.5, 0.6) is 0 Å². The first-order valence-corrected chi connectivity index (χ1v) is 3.66. The van der Waals surface area contributed by atoms with Gasteiger partial charge in [0, 0.05) is 6.21 Å². The van der Waals surface area contributed by atoms with Crippen LogP contribution in [0.25, 0.3) is 0 Å². The number of allylic oxidation sites excluding steroid dienone is 1. The highest BCUT2D eigenvalue weighted by atomic mass is 16.4. The van der Waals surface area contributed by atoms with Gasteiger partial charge < -0.3 is 10.5 Å². The van der Waals surface area contributed by atoms with Crippen LogP contribution < -0.4 is 0 Å². The topological polar surface area (TPSA) is 61.2 Å². The minimum absolute atomic E-state index is 0.0819. The highest BCUT2D eigenvalue weighted by Gasteiger charge is 2.00. The van der Waals surface area contributed by atoms with Gasteiger partial charge in [-0.1, -0.05) is 25.8 Å². The highest BCUT2D eigenvalue weighted by Crippen LogP contribution is 1.99. The molecule has 0 rings (SSSR count). The second-order valence-corrected chi connectivity index (χ2v) is 2.25. The van der Waals surface area contributed by atoms with Gasteiger partial charge in [-0.2, -0.15) is 0 Å². The Morgan fingerprint density at radius 2 is 2.27 bits per heavy atom. The molecule has 2 N–H and O–H groups in total. The fraction of sp³-hybridized carbons (Fsp3) is 0.500. The molecule has 0 atom stereocenters. The zero-order chi connectivity index (χ0) is 8.69. The molecule has 0 aliphatic heterocycles. The summed E-state index contributed by atoms with van der Waals surface area (Å²) in [6, 6.07) is 0. The molecule has 0 saturated heterocycles. The van der Waals surface area contributed by atoms with Crippen LogP contribution in [0.4, 0.5) is 0 Å². The third-order valence-corrected chi connectivity index (χ3v) is 1.32. The Morgan fingerprint density at radius 1 is 1.64 bits per heavy atom. The van der Waals surface area contributed by atoms with E-state index in [0.29, 0.717) is 0 Å². The zero-order valence-corrected chi connectivity index (χ0v) is 6.63. The SMILES string of the molecule is CCCC/C=C(\C=N)C(=O)O. The van der Waals surface area contributed by atoms with Gasteiger partial charge in [-0.3, -0.25) is 0 Å². The maximum absolute atomic E-state index is 10.3. The largest absolute Gasteiger partial charge is 0.478 e. The van der Waals surface area contributed by atoms with Crippen molar-refractivity contribution in [2.24, 2.45) is 0 Å². The van der Waals surface area contributed by atoms with E-state index in [1.807, 2.05) is 6.92 Å². The first kappa shape index (κ1) is 9.88. The van der Waals surface area contributed by atoms with E-state index in [1.165, 1.54) is 0 Å². The lowest BCUT2D eigenvalue weighted by molar-refractivity contribution is -0.132. The second-order valence-electron chi connectivity index (χ2n) is 2.25. The van der Waals surface area contributed by atoms with Crippen LogP contribution in [0, 0.1) is 5.41 Å². The molecule has 0 aliphatic carbocycles. The van der Waals surface area contributed by atoms with Crippen molar-refractivity contribution in [1.82, 2.24) is 0 Å². The van der Waals surface area contributed by atoms with Crippen LogP contribution in [-0.4, -0.2) is 17.3 Å². The summed E-state index contributed by atoms with van der Waals surface area (Å²) in [5.41, 5.74) is 0.0819. The molecular formula is C8H13NO2. The van der Waals surface area contributed by atoms with Gasteiger partial charge in [-0.25, -0.2) is 4.79 Å². The normalized spacial score (nSPS) is 11.2. The van der Waals surface area contributed by atoms with Gasteiger partial charge in [-0.15, -0.1) is 0 Å². The summed E-state index contributed by atoms with van der Waals surface area (Å²) in [6.07, 6.45) is 5.22. The lowest BCUT2D eigenvalue weighted by Crippen LogP contribution is -2.00. The van der Waals surface area contributed by atoms with Gasteiger partial charge in [0.1, 0.15) is 0 Å². The van der Waals surface area contributed by atoms with Gasteiger partial charge >= 0.3 is 5.97 Å². The third-order valence-electron chi connectivity index (χ3n) is 1.32.